The summed E-state index contributed by atoms with van der Waals surface area (Å²) in [6.07, 6.45) is 0.499. The highest BCUT2D eigenvalue weighted by Gasteiger charge is 2.21. The number of hydrogen-bond acceptors (Lipinski definition) is 3. The molecule has 1 aromatic rings. The smallest absolute Gasteiger partial charge is 0.200 e. The minimum absolute atomic E-state index is 0.00304. The summed E-state index contributed by atoms with van der Waals surface area (Å²) >= 11 is 0. The van der Waals surface area contributed by atoms with Crippen molar-refractivity contribution in [3.05, 3.63) is 11.6 Å². The van der Waals surface area contributed by atoms with E-state index < -0.39 is 0 Å². The van der Waals surface area contributed by atoms with Gasteiger partial charge in [0.1, 0.15) is 5.82 Å². The van der Waals surface area contributed by atoms with E-state index in [1.54, 1.807) is 4.57 Å². The number of Topliss-reactive ketones (excluding diaryl/α,β-unsaturated/α-hetero) is 1. The van der Waals surface area contributed by atoms with E-state index in [2.05, 4.69) is 10.2 Å². The molecule has 4 nitrogen and oxygen atoms in total. The topological polar surface area (TPSA) is 47.8 Å². The molecule has 0 radical (unpaired) electrons. The molecule has 4 heteroatoms. The average Bonchev–Trinajstić information content (AvgIpc) is 2.29. The molecule has 0 N–H and O–H groups in total. The molecule has 1 rings (SSSR count). The fraction of sp³-hybridized carbons (Fsp3) is 0.700. The van der Waals surface area contributed by atoms with Gasteiger partial charge in [0.25, 0.3) is 0 Å². The van der Waals surface area contributed by atoms with E-state index in [4.69, 9.17) is 0 Å². The quantitative estimate of drug-likeness (QED) is 0.675. The highest BCUT2D eigenvalue weighted by atomic mass is 16.1. The van der Waals surface area contributed by atoms with Crippen molar-refractivity contribution in [3.8, 4) is 0 Å². The number of rotatable bonds is 2. The first-order chi connectivity index (χ1) is 6.31. The minimum Gasteiger partial charge on any atom is -0.312 e. The van der Waals surface area contributed by atoms with Gasteiger partial charge in [0.05, 0.1) is 0 Å². The molecular weight excluding hydrogens is 178 g/mol. The number of aryl methyl sites for hydroxylation is 1. The fourth-order valence-electron chi connectivity index (χ4n) is 1.21. The fourth-order valence-corrected chi connectivity index (χ4v) is 1.21. The van der Waals surface area contributed by atoms with Crippen molar-refractivity contribution in [1.29, 1.82) is 0 Å². The van der Waals surface area contributed by atoms with Gasteiger partial charge in [-0.25, -0.2) is 0 Å². The highest BCUT2D eigenvalue weighted by molar-refractivity contribution is 5.93. The molecule has 78 valence electrons. The van der Waals surface area contributed by atoms with E-state index in [1.165, 1.54) is 0 Å². The first kappa shape index (κ1) is 10.9. The Hall–Kier alpha value is -1.19. The molecule has 0 amide bonds. The van der Waals surface area contributed by atoms with Gasteiger partial charge in [-0.3, -0.25) is 4.79 Å². The number of nitrogens with zero attached hydrogens (tertiary/aromatic N) is 3. The molecule has 0 bridgehead atoms. The van der Waals surface area contributed by atoms with Crippen LogP contribution < -0.4 is 0 Å². The SMILES string of the molecule is Cc1nnc(C(=O)CC(C)(C)C)n1C. The molecule has 0 unspecified atom stereocenters. The Labute approximate surface area is 84.3 Å². The van der Waals surface area contributed by atoms with Crippen molar-refractivity contribution in [2.75, 3.05) is 0 Å². The van der Waals surface area contributed by atoms with Gasteiger partial charge >= 0.3 is 0 Å². The molecule has 0 saturated heterocycles. The standard InChI is InChI=1S/C10H17N3O/c1-7-11-12-9(13(7)5)8(14)6-10(2,3)4/h6H2,1-5H3. The first-order valence-corrected chi connectivity index (χ1v) is 4.70. The van der Waals surface area contributed by atoms with Crippen LogP contribution in [0.25, 0.3) is 0 Å². The van der Waals surface area contributed by atoms with Gasteiger partial charge < -0.3 is 4.57 Å². The van der Waals surface area contributed by atoms with Crippen LogP contribution >= 0.6 is 0 Å². The van der Waals surface area contributed by atoms with Crippen LogP contribution in [0.15, 0.2) is 0 Å². The Morgan fingerprint density at radius 1 is 1.36 bits per heavy atom. The summed E-state index contributed by atoms with van der Waals surface area (Å²) in [6, 6.07) is 0. The lowest BCUT2D eigenvalue weighted by Crippen LogP contribution is -2.16. The van der Waals surface area contributed by atoms with Gasteiger partial charge in [-0.1, -0.05) is 20.8 Å². The van der Waals surface area contributed by atoms with Crippen molar-refractivity contribution in [2.45, 2.75) is 34.1 Å². The Balaban J connectivity index is 2.86. The van der Waals surface area contributed by atoms with Crippen LogP contribution in [0.1, 0.15) is 43.6 Å². The maximum Gasteiger partial charge on any atom is 0.200 e. The third-order valence-corrected chi connectivity index (χ3v) is 2.03. The lowest BCUT2D eigenvalue weighted by molar-refractivity contribution is 0.0926. The zero-order valence-corrected chi connectivity index (χ0v) is 9.46. The lowest BCUT2D eigenvalue weighted by Gasteiger charge is -2.15. The Kier molecular flexibility index (Phi) is 2.73. The molecule has 0 aliphatic carbocycles. The molecular formula is C10H17N3O. The van der Waals surface area contributed by atoms with Gasteiger partial charge in [0, 0.05) is 13.5 Å². The maximum absolute atomic E-state index is 11.8. The van der Waals surface area contributed by atoms with Crippen molar-refractivity contribution in [1.82, 2.24) is 14.8 Å². The lowest BCUT2D eigenvalue weighted by atomic mass is 9.90. The second-order valence-corrected chi connectivity index (χ2v) is 4.79. The van der Waals surface area contributed by atoms with Crippen LogP contribution in [-0.4, -0.2) is 20.5 Å². The molecule has 0 aliphatic heterocycles. The Morgan fingerprint density at radius 3 is 2.29 bits per heavy atom. The number of ketones is 1. The summed E-state index contributed by atoms with van der Waals surface area (Å²) in [6.45, 7) is 7.94. The van der Waals surface area contributed by atoms with E-state index in [0.29, 0.717) is 12.2 Å². The largest absolute Gasteiger partial charge is 0.312 e. The summed E-state index contributed by atoms with van der Waals surface area (Å²) in [5.41, 5.74) is -0.00304. The van der Waals surface area contributed by atoms with Crippen molar-refractivity contribution in [2.24, 2.45) is 12.5 Å². The van der Waals surface area contributed by atoms with Gasteiger partial charge in [0.2, 0.25) is 5.78 Å². The molecule has 0 fully saturated rings. The van der Waals surface area contributed by atoms with Crippen LogP contribution in [0.3, 0.4) is 0 Å². The zero-order valence-electron chi connectivity index (χ0n) is 9.46. The molecule has 1 heterocycles. The predicted molar refractivity (Wildman–Crippen MR) is 54.1 cm³/mol. The van der Waals surface area contributed by atoms with Gasteiger partial charge in [-0.05, 0) is 12.3 Å². The Bertz CT molecular complexity index is 347. The van der Waals surface area contributed by atoms with Crippen LogP contribution in [0, 0.1) is 12.3 Å². The van der Waals surface area contributed by atoms with E-state index in [9.17, 15) is 4.79 Å². The maximum atomic E-state index is 11.8. The van der Waals surface area contributed by atoms with E-state index >= 15 is 0 Å². The Morgan fingerprint density at radius 2 is 1.93 bits per heavy atom. The van der Waals surface area contributed by atoms with E-state index in [-0.39, 0.29) is 11.2 Å². The average molecular weight is 195 g/mol. The van der Waals surface area contributed by atoms with E-state index in [1.807, 2.05) is 34.7 Å². The summed E-state index contributed by atoms with van der Waals surface area (Å²) in [7, 11) is 1.81. The number of carbonyl (C=O) groups excluding carboxylic acids is 1. The number of aromatic nitrogens is 3. The monoisotopic (exact) mass is 195 g/mol. The van der Waals surface area contributed by atoms with Crippen LogP contribution in [0.5, 0.6) is 0 Å². The van der Waals surface area contributed by atoms with E-state index in [0.717, 1.165) is 5.82 Å². The minimum atomic E-state index is -0.00304. The summed E-state index contributed by atoms with van der Waals surface area (Å²) < 4.78 is 1.73. The second-order valence-electron chi connectivity index (χ2n) is 4.79. The normalized spacial score (nSPS) is 11.8. The van der Waals surface area contributed by atoms with Gasteiger partial charge in [-0.15, -0.1) is 10.2 Å². The third kappa shape index (κ3) is 2.40. The van der Waals surface area contributed by atoms with Gasteiger partial charge in [-0.2, -0.15) is 0 Å². The second kappa shape index (κ2) is 3.52. The van der Waals surface area contributed by atoms with Crippen molar-refractivity contribution < 1.29 is 4.79 Å². The highest BCUT2D eigenvalue weighted by Crippen LogP contribution is 2.20. The van der Waals surface area contributed by atoms with Crippen LogP contribution in [0.2, 0.25) is 0 Å². The molecule has 14 heavy (non-hydrogen) atoms. The summed E-state index contributed by atoms with van der Waals surface area (Å²) in [5.74, 6) is 1.28. The van der Waals surface area contributed by atoms with Gasteiger partial charge in [0.15, 0.2) is 5.82 Å². The molecule has 1 aromatic heterocycles. The third-order valence-electron chi connectivity index (χ3n) is 2.03. The van der Waals surface area contributed by atoms with Crippen molar-refractivity contribution >= 4 is 5.78 Å². The summed E-state index contributed by atoms with van der Waals surface area (Å²) in [4.78, 5) is 11.8. The first-order valence-electron chi connectivity index (χ1n) is 4.70. The molecule has 0 spiro atoms. The van der Waals surface area contributed by atoms with Crippen LogP contribution in [-0.2, 0) is 7.05 Å². The molecule has 0 saturated carbocycles. The molecule has 0 aromatic carbocycles. The molecule has 0 atom stereocenters. The molecule has 0 aliphatic rings. The number of carbonyl (C=O) groups is 1. The zero-order chi connectivity index (χ0) is 10.9. The predicted octanol–water partition coefficient (Wildman–Crippen LogP) is 1.74. The number of hydrogen-bond donors (Lipinski definition) is 0. The summed E-state index contributed by atoms with van der Waals surface area (Å²) in [5, 5.41) is 7.72. The van der Waals surface area contributed by atoms with Crippen molar-refractivity contribution in [3.63, 3.8) is 0 Å². The van der Waals surface area contributed by atoms with Crippen LogP contribution in [0.4, 0.5) is 0 Å².